The Hall–Kier alpha value is -0.0800. The molecule has 1 N–H and O–H groups in total. The van der Waals surface area contributed by atoms with E-state index in [1.165, 1.54) is 12.8 Å². The summed E-state index contributed by atoms with van der Waals surface area (Å²) in [7, 11) is 4.03. The quantitative estimate of drug-likeness (QED) is 0.649. The van der Waals surface area contributed by atoms with Gasteiger partial charge in [0, 0.05) is 6.54 Å². The average molecular weight is 157 g/mol. The largest absolute Gasteiger partial charge is 0.388 e. The van der Waals surface area contributed by atoms with Gasteiger partial charge in [0.25, 0.3) is 0 Å². The molecule has 2 atom stereocenters. The summed E-state index contributed by atoms with van der Waals surface area (Å²) in [4.78, 5) is 2.07. The van der Waals surface area contributed by atoms with Gasteiger partial charge in [-0.1, -0.05) is 13.3 Å². The Morgan fingerprint density at radius 2 is 2.18 bits per heavy atom. The first-order valence-corrected chi connectivity index (χ1v) is 4.42. The molecule has 1 aliphatic carbocycles. The van der Waals surface area contributed by atoms with Gasteiger partial charge in [0.05, 0.1) is 5.60 Å². The predicted molar refractivity (Wildman–Crippen MR) is 46.5 cm³/mol. The van der Waals surface area contributed by atoms with Crippen LogP contribution in [0.5, 0.6) is 0 Å². The molecule has 0 aliphatic heterocycles. The van der Waals surface area contributed by atoms with Gasteiger partial charge in [-0.15, -0.1) is 0 Å². The van der Waals surface area contributed by atoms with Crippen LogP contribution in [0.3, 0.4) is 0 Å². The van der Waals surface area contributed by atoms with Crippen LogP contribution in [0, 0.1) is 5.92 Å². The minimum Gasteiger partial charge on any atom is -0.388 e. The summed E-state index contributed by atoms with van der Waals surface area (Å²) in [5.74, 6) is 0.477. The lowest BCUT2D eigenvalue weighted by molar-refractivity contribution is -0.0121. The molecule has 66 valence electrons. The molecule has 2 nitrogen and oxygen atoms in total. The number of likely N-dealkylation sites (N-methyl/N-ethyl adjacent to an activating group) is 1. The number of hydrogen-bond donors (Lipinski definition) is 1. The molecular formula is C9H19NO. The van der Waals surface area contributed by atoms with Gasteiger partial charge in [0.15, 0.2) is 0 Å². The van der Waals surface area contributed by atoms with E-state index in [9.17, 15) is 5.11 Å². The van der Waals surface area contributed by atoms with Crippen LogP contribution in [-0.4, -0.2) is 36.2 Å². The van der Waals surface area contributed by atoms with E-state index in [0.717, 1.165) is 13.0 Å². The summed E-state index contributed by atoms with van der Waals surface area (Å²) in [6, 6.07) is 0. The van der Waals surface area contributed by atoms with Gasteiger partial charge >= 0.3 is 0 Å². The zero-order valence-electron chi connectivity index (χ0n) is 7.80. The van der Waals surface area contributed by atoms with Gasteiger partial charge < -0.3 is 10.0 Å². The number of rotatable bonds is 2. The molecule has 11 heavy (non-hydrogen) atoms. The first-order chi connectivity index (χ1) is 5.04. The van der Waals surface area contributed by atoms with Crippen molar-refractivity contribution < 1.29 is 5.11 Å². The van der Waals surface area contributed by atoms with E-state index in [4.69, 9.17) is 0 Å². The molecule has 1 rings (SSSR count). The second-order valence-corrected chi connectivity index (χ2v) is 4.13. The van der Waals surface area contributed by atoms with Crippen molar-refractivity contribution in [3.8, 4) is 0 Å². The molecule has 0 aromatic heterocycles. The summed E-state index contributed by atoms with van der Waals surface area (Å²) >= 11 is 0. The van der Waals surface area contributed by atoms with Gasteiger partial charge in [0.2, 0.25) is 0 Å². The van der Waals surface area contributed by atoms with Gasteiger partial charge in [-0.25, -0.2) is 0 Å². The Labute approximate surface area is 69.2 Å². The minimum absolute atomic E-state index is 0.399. The SMILES string of the molecule is CC1CCCC1(O)CN(C)C. The number of aliphatic hydroxyl groups is 1. The van der Waals surface area contributed by atoms with Crippen LogP contribution < -0.4 is 0 Å². The van der Waals surface area contributed by atoms with Crippen LogP contribution in [0.4, 0.5) is 0 Å². The lowest BCUT2D eigenvalue weighted by atomic mass is 9.92. The van der Waals surface area contributed by atoms with E-state index >= 15 is 0 Å². The second kappa shape index (κ2) is 3.11. The van der Waals surface area contributed by atoms with E-state index < -0.39 is 5.60 Å². The van der Waals surface area contributed by atoms with Crippen molar-refractivity contribution in [2.24, 2.45) is 5.92 Å². The zero-order valence-corrected chi connectivity index (χ0v) is 7.80. The Balaban J connectivity index is 2.51. The molecule has 0 radical (unpaired) electrons. The highest BCUT2D eigenvalue weighted by Gasteiger charge is 2.38. The summed E-state index contributed by atoms with van der Waals surface area (Å²) in [6.07, 6.45) is 3.35. The number of hydrogen-bond acceptors (Lipinski definition) is 2. The first-order valence-electron chi connectivity index (χ1n) is 4.42. The molecule has 0 amide bonds. The third kappa shape index (κ3) is 1.94. The molecule has 0 heterocycles. The van der Waals surface area contributed by atoms with Crippen molar-refractivity contribution in [3.05, 3.63) is 0 Å². The van der Waals surface area contributed by atoms with Crippen molar-refractivity contribution in [3.63, 3.8) is 0 Å². The third-order valence-corrected chi connectivity index (χ3v) is 2.75. The third-order valence-electron chi connectivity index (χ3n) is 2.75. The van der Waals surface area contributed by atoms with Gasteiger partial charge in [-0.05, 0) is 32.9 Å². The van der Waals surface area contributed by atoms with Crippen LogP contribution >= 0.6 is 0 Å². The molecule has 0 aromatic carbocycles. The first kappa shape index (κ1) is 9.01. The molecule has 1 aliphatic rings. The molecule has 0 saturated heterocycles. The lowest BCUT2D eigenvalue weighted by Crippen LogP contribution is -2.42. The van der Waals surface area contributed by atoms with Crippen molar-refractivity contribution in [2.75, 3.05) is 20.6 Å². The Bertz CT molecular complexity index is 136. The molecule has 2 heteroatoms. The van der Waals surface area contributed by atoms with Crippen molar-refractivity contribution >= 4 is 0 Å². The Morgan fingerprint density at radius 3 is 2.55 bits per heavy atom. The monoisotopic (exact) mass is 157 g/mol. The highest BCUT2D eigenvalue weighted by Crippen LogP contribution is 2.35. The van der Waals surface area contributed by atoms with E-state index in [-0.39, 0.29) is 0 Å². The van der Waals surface area contributed by atoms with Crippen LogP contribution in [0.25, 0.3) is 0 Å². The average Bonchev–Trinajstić information content (AvgIpc) is 2.11. The van der Waals surface area contributed by atoms with Crippen LogP contribution in [0.1, 0.15) is 26.2 Å². The highest BCUT2D eigenvalue weighted by molar-refractivity contribution is 4.91. The summed E-state index contributed by atoms with van der Waals surface area (Å²) in [6.45, 7) is 2.96. The molecule has 0 bridgehead atoms. The van der Waals surface area contributed by atoms with E-state index in [1.807, 2.05) is 14.1 Å². The van der Waals surface area contributed by atoms with Crippen LogP contribution in [0.15, 0.2) is 0 Å². The smallest absolute Gasteiger partial charge is 0.0799 e. The van der Waals surface area contributed by atoms with E-state index in [1.54, 1.807) is 0 Å². The second-order valence-electron chi connectivity index (χ2n) is 4.13. The van der Waals surface area contributed by atoms with Gasteiger partial charge in [-0.2, -0.15) is 0 Å². The molecule has 1 saturated carbocycles. The Morgan fingerprint density at radius 1 is 1.55 bits per heavy atom. The summed E-state index contributed by atoms with van der Waals surface area (Å²) < 4.78 is 0. The normalized spacial score (nSPS) is 38.5. The molecule has 0 aromatic rings. The molecule has 0 spiro atoms. The summed E-state index contributed by atoms with van der Waals surface area (Å²) in [5.41, 5.74) is -0.399. The molecular weight excluding hydrogens is 138 g/mol. The van der Waals surface area contributed by atoms with E-state index in [2.05, 4.69) is 11.8 Å². The van der Waals surface area contributed by atoms with Crippen molar-refractivity contribution in [1.82, 2.24) is 4.90 Å². The van der Waals surface area contributed by atoms with Crippen molar-refractivity contribution in [2.45, 2.75) is 31.8 Å². The molecule has 2 unspecified atom stereocenters. The maximum Gasteiger partial charge on any atom is 0.0799 e. The Kier molecular flexibility index (Phi) is 2.55. The lowest BCUT2D eigenvalue weighted by Gasteiger charge is -2.30. The number of nitrogens with zero attached hydrogens (tertiary/aromatic N) is 1. The highest BCUT2D eigenvalue weighted by atomic mass is 16.3. The topological polar surface area (TPSA) is 23.5 Å². The predicted octanol–water partition coefficient (Wildman–Crippen LogP) is 1.10. The van der Waals surface area contributed by atoms with Gasteiger partial charge in [-0.3, -0.25) is 0 Å². The van der Waals surface area contributed by atoms with Crippen LogP contribution in [-0.2, 0) is 0 Å². The summed E-state index contributed by atoms with van der Waals surface area (Å²) in [5, 5.41) is 10.1. The standard InChI is InChI=1S/C9H19NO/c1-8-5-4-6-9(8,11)7-10(2)3/h8,11H,4-7H2,1-3H3. The molecule has 1 fully saturated rings. The maximum atomic E-state index is 10.1. The van der Waals surface area contributed by atoms with Crippen LogP contribution in [0.2, 0.25) is 0 Å². The fourth-order valence-corrected chi connectivity index (χ4v) is 2.01. The van der Waals surface area contributed by atoms with E-state index in [0.29, 0.717) is 5.92 Å². The van der Waals surface area contributed by atoms with Crippen molar-refractivity contribution in [1.29, 1.82) is 0 Å². The fourth-order valence-electron chi connectivity index (χ4n) is 2.01. The minimum atomic E-state index is -0.399. The van der Waals surface area contributed by atoms with Gasteiger partial charge in [0.1, 0.15) is 0 Å². The maximum absolute atomic E-state index is 10.1. The zero-order chi connectivity index (χ0) is 8.48. The fraction of sp³-hybridized carbons (Fsp3) is 1.00.